The molecule has 4 fully saturated rings. The van der Waals surface area contributed by atoms with E-state index in [9.17, 15) is 19.2 Å². The number of anilines is 6. The van der Waals surface area contributed by atoms with Crippen LogP contribution in [0.25, 0.3) is 11.3 Å². The second kappa shape index (κ2) is 18.7. The Morgan fingerprint density at radius 1 is 0.850 bits per heavy atom. The number of imide groups is 1. The molecule has 0 saturated carbocycles. The van der Waals surface area contributed by atoms with Gasteiger partial charge in [0.25, 0.3) is 0 Å². The van der Waals surface area contributed by atoms with Gasteiger partial charge in [-0.15, -0.1) is 0 Å². The summed E-state index contributed by atoms with van der Waals surface area (Å²) in [5, 5.41) is 12.2. The fourth-order valence-corrected chi connectivity index (χ4v) is 9.46. The van der Waals surface area contributed by atoms with Gasteiger partial charge in [0.05, 0.1) is 46.1 Å². The highest BCUT2D eigenvalue weighted by Gasteiger charge is 2.46. The lowest BCUT2D eigenvalue weighted by molar-refractivity contribution is -0.133. The molecule has 6 heterocycles. The molecule has 2 aromatic carbocycles. The van der Waals surface area contributed by atoms with Crippen LogP contribution in [0.1, 0.15) is 70.6 Å². The van der Waals surface area contributed by atoms with E-state index in [4.69, 9.17) is 16.6 Å². The number of pyridine rings is 1. The van der Waals surface area contributed by atoms with E-state index in [-0.39, 0.29) is 17.7 Å². The summed E-state index contributed by atoms with van der Waals surface area (Å²) in [5.41, 5.74) is 5.52. The molecule has 0 bridgehead atoms. The van der Waals surface area contributed by atoms with Crippen molar-refractivity contribution in [2.45, 2.75) is 76.7 Å². The molecule has 0 aliphatic carbocycles. The average Bonchev–Trinajstić information content (AvgIpc) is 3.92. The number of nitrogens with zero attached hydrogens (tertiary/aromatic N) is 6. The Morgan fingerprint density at radius 2 is 1.65 bits per heavy atom. The van der Waals surface area contributed by atoms with E-state index < -0.39 is 11.5 Å². The summed E-state index contributed by atoms with van der Waals surface area (Å²) >= 11 is 6.62. The van der Waals surface area contributed by atoms with Crippen molar-refractivity contribution in [3.05, 3.63) is 78.2 Å². The molecular formula is C45H53ClN10O4. The van der Waals surface area contributed by atoms with Crippen LogP contribution in [0.4, 0.5) is 34.4 Å². The molecule has 0 radical (unpaired) electrons. The fraction of sp³-hybridized carbons (Fsp3) is 0.444. The number of benzene rings is 2. The highest BCUT2D eigenvalue weighted by molar-refractivity contribution is 6.33. The monoisotopic (exact) mass is 832 g/mol. The number of carbonyl (C=O) groups is 4. The topological polar surface area (TPSA) is 165 Å². The van der Waals surface area contributed by atoms with Gasteiger partial charge in [0.1, 0.15) is 6.04 Å². The van der Waals surface area contributed by atoms with Gasteiger partial charge < -0.3 is 30.7 Å². The summed E-state index contributed by atoms with van der Waals surface area (Å²) in [6, 6.07) is 17.9. The molecule has 4 amide bonds. The Bertz CT molecular complexity index is 2180. The molecule has 15 heteroatoms. The number of rotatable bonds is 16. The summed E-state index contributed by atoms with van der Waals surface area (Å²) in [7, 11) is 0. The zero-order chi connectivity index (χ0) is 41.5. The molecule has 2 atom stereocenters. The summed E-state index contributed by atoms with van der Waals surface area (Å²) in [5.74, 6) is 0.527. The molecule has 14 nitrogen and oxygen atoms in total. The SMILES string of the molecule is O=CNCCC1(CCCC2CCN(c3ccc(NC4CCC(=O)NC4=O)cc3)CC2)CCN(c2cncc(Nc3ncc(Cl)c(-c4cccc(N5CCCC5)c4)n3)c2)C1=O. The Labute approximate surface area is 355 Å². The van der Waals surface area contributed by atoms with E-state index in [2.05, 4.69) is 65.3 Å². The number of amides is 4. The number of piperidine rings is 2. The van der Waals surface area contributed by atoms with Crippen LogP contribution in [0.2, 0.25) is 5.02 Å². The minimum absolute atomic E-state index is 0.0717. The van der Waals surface area contributed by atoms with Crippen molar-refractivity contribution in [2.75, 3.05) is 64.6 Å². The molecule has 8 rings (SSSR count). The van der Waals surface area contributed by atoms with Crippen LogP contribution in [0.15, 0.2) is 73.2 Å². The van der Waals surface area contributed by atoms with Gasteiger partial charge in [0.15, 0.2) is 0 Å². The van der Waals surface area contributed by atoms with Crippen molar-refractivity contribution < 1.29 is 19.2 Å². The van der Waals surface area contributed by atoms with Crippen molar-refractivity contribution in [3.8, 4) is 11.3 Å². The molecule has 4 aliphatic heterocycles. The minimum Gasteiger partial charge on any atom is -0.374 e. The summed E-state index contributed by atoms with van der Waals surface area (Å²) in [6.07, 6.45) is 15.1. The van der Waals surface area contributed by atoms with Gasteiger partial charge in [-0.3, -0.25) is 29.5 Å². The van der Waals surface area contributed by atoms with Crippen LogP contribution in [0.5, 0.6) is 0 Å². The molecule has 0 spiro atoms. The number of halogens is 1. The van der Waals surface area contributed by atoms with E-state index in [1.807, 2.05) is 35.2 Å². The second-order valence-corrected chi connectivity index (χ2v) is 16.9. The molecule has 2 aromatic heterocycles. The van der Waals surface area contributed by atoms with E-state index in [1.165, 1.54) is 12.8 Å². The smallest absolute Gasteiger partial charge is 0.249 e. The molecule has 2 unspecified atom stereocenters. The molecule has 60 heavy (non-hydrogen) atoms. The zero-order valence-corrected chi connectivity index (χ0v) is 34.6. The number of nitrogens with one attached hydrogen (secondary N) is 4. The molecule has 4 aromatic rings. The largest absolute Gasteiger partial charge is 0.374 e. The fourth-order valence-electron chi connectivity index (χ4n) is 9.26. The lowest BCUT2D eigenvalue weighted by atomic mass is 9.77. The first-order chi connectivity index (χ1) is 29.3. The normalized spacial score (nSPS) is 21.0. The quantitative estimate of drug-likeness (QED) is 0.0540. The Morgan fingerprint density at radius 3 is 2.43 bits per heavy atom. The van der Waals surface area contributed by atoms with Gasteiger partial charge in [-0.1, -0.05) is 36.6 Å². The predicted molar refractivity (Wildman–Crippen MR) is 235 cm³/mol. The third-order valence-corrected chi connectivity index (χ3v) is 12.9. The highest BCUT2D eigenvalue weighted by Crippen LogP contribution is 2.43. The predicted octanol–water partition coefficient (Wildman–Crippen LogP) is 6.70. The second-order valence-electron chi connectivity index (χ2n) is 16.5. The Hall–Kier alpha value is -5.76. The Balaban J connectivity index is 0.860. The van der Waals surface area contributed by atoms with E-state index in [0.717, 1.165) is 80.9 Å². The lowest BCUT2D eigenvalue weighted by Gasteiger charge is -2.34. The minimum atomic E-state index is -0.568. The Kier molecular flexibility index (Phi) is 12.7. The molecule has 4 saturated heterocycles. The van der Waals surface area contributed by atoms with E-state index in [1.54, 1.807) is 18.6 Å². The first-order valence-electron chi connectivity index (χ1n) is 21.3. The molecule has 314 valence electrons. The summed E-state index contributed by atoms with van der Waals surface area (Å²) < 4.78 is 0. The van der Waals surface area contributed by atoms with Crippen molar-refractivity contribution in [2.24, 2.45) is 11.3 Å². The summed E-state index contributed by atoms with van der Waals surface area (Å²) in [6.45, 7) is 5.01. The van der Waals surface area contributed by atoms with Gasteiger partial charge in [0.2, 0.25) is 30.1 Å². The van der Waals surface area contributed by atoms with Crippen LogP contribution in [0.3, 0.4) is 0 Å². The maximum Gasteiger partial charge on any atom is 0.249 e. The average molecular weight is 833 g/mol. The molecule has 4 aliphatic rings. The molecular weight excluding hydrogens is 780 g/mol. The maximum absolute atomic E-state index is 14.4. The van der Waals surface area contributed by atoms with Gasteiger partial charge in [-0.2, -0.15) is 0 Å². The third-order valence-electron chi connectivity index (χ3n) is 12.7. The van der Waals surface area contributed by atoms with Gasteiger partial charge in [-0.05, 0) is 99.7 Å². The van der Waals surface area contributed by atoms with Gasteiger partial charge in [0, 0.05) is 68.3 Å². The van der Waals surface area contributed by atoms with Crippen molar-refractivity contribution >= 4 is 70.1 Å². The first kappa shape index (κ1) is 41.0. The number of hydrogen-bond donors (Lipinski definition) is 4. The van der Waals surface area contributed by atoms with Gasteiger partial charge in [-0.25, -0.2) is 9.97 Å². The summed E-state index contributed by atoms with van der Waals surface area (Å²) in [4.78, 5) is 69.6. The van der Waals surface area contributed by atoms with Crippen LogP contribution in [-0.4, -0.2) is 84.4 Å². The third kappa shape index (κ3) is 9.49. The number of hydrogen-bond acceptors (Lipinski definition) is 11. The zero-order valence-electron chi connectivity index (χ0n) is 33.9. The molecule has 4 N–H and O–H groups in total. The van der Waals surface area contributed by atoms with Crippen LogP contribution in [-0.2, 0) is 19.2 Å². The first-order valence-corrected chi connectivity index (χ1v) is 21.7. The number of aromatic nitrogens is 3. The van der Waals surface area contributed by atoms with Crippen molar-refractivity contribution in [3.63, 3.8) is 0 Å². The van der Waals surface area contributed by atoms with Gasteiger partial charge >= 0.3 is 0 Å². The lowest BCUT2D eigenvalue weighted by Crippen LogP contribution is -2.47. The van der Waals surface area contributed by atoms with Crippen LogP contribution < -0.4 is 36.0 Å². The standard InChI is InChI=1S/C45H53ClN10O4/c46-38-29-49-44(53-41(38)32-6-3-7-36(25-32)54-20-1-2-21-54)51-34-26-37(28-48-27-34)56-24-18-45(43(56)60,17-19-47-30-57)16-4-5-31-14-22-55(23-15-31)35-10-8-33(9-11-35)50-39-12-13-40(58)52-42(39)59/h3,6-11,25-31,39,50H,1-2,4-5,12-24H2,(H,47,57)(H,49,51,53)(H,52,58,59). The van der Waals surface area contributed by atoms with Crippen LogP contribution >= 0.6 is 11.6 Å². The number of carbonyl (C=O) groups excluding carboxylic acids is 4. The maximum atomic E-state index is 14.4. The van der Waals surface area contributed by atoms with Crippen molar-refractivity contribution in [1.29, 1.82) is 0 Å². The highest BCUT2D eigenvalue weighted by atomic mass is 35.5. The van der Waals surface area contributed by atoms with E-state index >= 15 is 0 Å². The van der Waals surface area contributed by atoms with Crippen LogP contribution in [0, 0.1) is 11.3 Å². The van der Waals surface area contributed by atoms with E-state index in [0.29, 0.717) is 79.1 Å². The van der Waals surface area contributed by atoms with Crippen molar-refractivity contribution in [1.82, 2.24) is 25.6 Å².